The van der Waals surface area contributed by atoms with E-state index in [1.165, 1.54) is 0 Å². The highest BCUT2D eigenvalue weighted by Gasteiger charge is 2.09. The van der Waals surface area contributed by atoms with Crippen LogP contribution in [0.2, 0.25) is 0 Å². The number of amides is 1. The summed E-state index contributed by atoms with van der Waals surface area (Å²) in [5.41, 5.74) is 7.60. The van der Waals surface area contributed by atoms with Crippen LogP contribution in [0.5, 0.6) is 0 Å². The summed E-state index contributed by atoms with van der Waals surface area (Å²) in [7, 11) is 1.66. The van der Waals surface area contributed by atoms with Crippen LogP contribution in [0.25, 0.3) is 0 Å². The number of benzene rings is 1. The standard InChI is InChI=1S/C13H20N2O2/c1-10(7-14)13(16)15-8-11-4-3-5-12(6-11)9-17-2/h3-6,10H,7-9,14H2,1-2H3,(H,15,16). The summed E-state index contributed by atoms with van der Waals surface area (Å²) in [4.78, 5) is 11.5. The van der Waals surface area contributed by atoms with E-state index in [4.69, 9.17) is 10.5 Å². The SMILES string of the molecule is COCc1cccc(CNC(=O)C(C)CN)c1. The molecule has 4 nitrogen and oxygen atoms in total. The van der Waals surface area contributed by atoms with E-state index in [-0.39, 0.29) is 11.8 Å². The van der Waals surface area contributed by atoms with Gasteiger partial charge in [0.1, 0.15) is 0 Å². The summed E-state index contributed by atoms with van der Waals surface area (Å²) in [5.74, 6) is -0.151. The van der Waals surface area contributed by atoms with Crippen LogP contribution in [0, 0.1) is 5.92 Å². The van der Waals surface area contributed by atoms with Crippen molar-refractivity contribution < 1.29 is 9.53 Å². The summed E-state index contributed by atoms with van der Waals surface area (Å²) >= 11 is 0. The van der Waals surface area contributed by atoms with Crippen LogP contribution >= 0.6 is 0 Å². The normalized spacial score (nSPS) is 12.2. The maximum Gasteiger partial charge on any atom is 0.224 e. The van der Waals surface area contributed by atoms with Crippen LogP contribution < -0.4 is 11.1 Å². The average Bonchev–Trinajstić information content (AvgIpc) is 2.36. The van der Waals surface area contributed by atoms with Crippen molar-refractivity contribution in [1.29, 1.82) is 0 Å². The van der Waals surface area contributed by atoms with Gasteiger partial charge in [-0.3, -0.25) is 4.79 Å². The highest BCUT2D eigenvalue weighted by Crippen LogP contribution is 2.06. The molecule has 0 spiro atoms. The number of carbonyl (C=O) groups is 1. The van der Waals surface area contributed by atoms with Gasteiger partial charge < -0.3 is 15.8 Å². The Morgan fingerprint density at radius 3 is 2.82 bits per heavy atom. The van der Waals surface area contributed by atoms with Gasteiger partial charge in [-0.05, 0) is 11.1 Å². The third-order valence-corrected chi connectivity index (χ3v) is 2.57. The van der Waals surface area contributed by atoms with Crippen LogP contribution in [0.3, 0.4) is 0 Å². The van der Waals surface area contributed by atoms with Crippen LogP contribution in [-0.2, 0) is 22.7 Å². The summed E-state index contributed by atoms with van der Waals surface area (Å²) in [6, 6.07) is 7.96. The lowest BCUT2D eigenvalue weighted by molar-refractivity contribution is -0.124. The lowest BCUT2D eigenvalue weighted by atomic mass is 10.1. The molecule has 17 heavy (non-hydrogen) atoms. The van der Waals surface area contributed by atoms with E-state index in [0.717, 1.165) is 11.1 Å². The van der Waals surface area contributed by atoms with E-state index >= 15 is 0 Å². The first-order chi connectivity index (χ1) is 8.17. The zero-order valence-corrected chi connectivity index (χ0v) is 10.4. The molecule has 94 valence electrons. The van der Waals surface area contributed by atoms with Crippen molar-refractivity contribution in [2.75, 3.05) is 13.7 Å². The van der Waals surface area contributed by atoms with E-state index in [2.05, 4.69) is 5.32 Å². The number of ether oxygens (including phenoxy) is 1. The van der Waals surface area contributed by atoms with Crippen LogP contribution in [0.4, 0.5) is 0 Å². The van der Waals surface area contributed by atoms with Gasteiger partial charge in [0.15, 0.2) is 0 Å². The molecule has 3 N–H and O–H groups in total. The van der Waals surface area contributed by atoms with Crippen LogP contribution in [-0.4, -0.2) is 19.6 Å². The molecule has 0 heterocycles. The van der Waals surface area contributed by atoms with Gasteiger partial charge >= 0.3 is 0 Å². The van der Waals surface area contributed by atoms with E-state index in [0.29, 0.717) is 19.7 Å². The van der Waals surface area contributed by atoms with E-state index in [1.807, 2.05) is 31.2 Å². The Labute approximate surface area is 102 Å². The molecule has 1 atom stereocenters. The lowest BCUT2D eigenvalue weighted by Crippen LogP contribution is -2.32. The first-order valence-electron chi connectivity index (χ1n) is 5.72. The molecule has 0 aliphatic rings. The summed E-state index contributed by atoms with van der Waals surface area (Å²) in [5, 5.41) is 2.86. The monoisotopic (exact) mass is 236 g/mol. The molecule has 1 aromatic rings. The number of rotatable bonds is 6. The molecule has 1 aromatic carbocycles. The number of nitrogens with one attached hydrogen (secondary N) is 1. The molecule has 0 bridgehead atoms. The molecule has 0 aliphatic carbocycles. The fourth-order valence-electron chi connectivity index (χ4n) is 1.47. The second kappa shape index (κ2) is 7.04. The third kappa shape index (κ3) is 4.54. The molecule has 0 radical (unpaired) electrons. The Bertz CT molecular complexity index is 366. The third-order valence-electron chi connectivity index (χ3n) is 2.57. The number of methoxy groups -OCH3 is 1. The number of nitrogens with two attached hydrogens (primary N) is 1. The molecular formula is C13H20N2O2. The van der Waals surface area contributed by atoms with Crippen molar-refractivity contribution in [2.24, 2.45) is 11.7 Å². The highest BCUT2D eigenvalue weighted by molar-refractivity contribution is 5.78. The largest absolute Gasteiger partial charge is 0.380 e. The number of hydrogen-bond acceptors (Lipinski definition) is 3. The first kappa shape index (κ1) is 13.7. The first-order valence-corrected chi connectivity index (χ1v) is 5.72. The minimum Gasteiger partial charge on any atom is -0.380 e. The summed E-state index contributed by atoms with van der Waals surface area (Å²) in [6.45, 7) is 3.30. The Kier molecular flexibility index (Phi) is 5.66. The molecule has 1 rings (SSSR count). The van der Waals surface area contributed by atoms with Gasteiger partial charge in [-0.1, -0.05) is 31.2 Å². The van der Waals surface area contributed by atoms with Crippen LogP contribution in [0.1, 0.15) is 18.1 Å². The molecule has 1 amide bonds. The molecule has 0 fully saturated rings. The smallest absolute Gasteiger partial charge is 0.224 e. The van der Waals surface area contributed by atoms with Gasteiger partial charge in [-0.15, -0.1) is 0 Å². The van der Waals surface area contributed by atoms with Gasteiger partial charge in [0.05, 0.1) is 6.61 Å². The van der Waals surface area contributed by atoms with E-state index in [1.54, 1.807) is 7.11 Å². The van der Waals surface area contributed by atoms with Gasteiger partial charge in [-0.25, -0.2) is 0 Å². The minimum absolute atomic E-state index is 0.00959. The second-order valence-corrected chi connectivity index (χ2v) is 4.11. The topological polar surface area (TPSA) is 64.3 Å². The number of carbonyl (C=O) groups excluding carboxylic acids is 1. The van der Waals surface area contributed by atoms with Crippen molar-refractivity contribution >= 4 is 5.91 Å². The Hall–Kier alpha value is -1.39. The molecule has 4 heteroatoms. The van der Waals surface area contributed by atoms with E-state index < -0.39 is 0 Å². The maximum atomic E-state index is 11.5. The van der Waals surface area contributed by atoms with Crippen LogP contribution in [0.15, 0.2) is 24.3 Å². The maximum absolute atomic E-state index is 11.5. The minimum atomic E-state index is -0.142. The molecule has 0 saturated heterocycles. The highest BCUT2D eigenvalue weighted by atomic mass is 16.5. The molecule has 0 aromatic heterocycles. The van der Waals surface area contributed by atoms with Gasteiger partial charge in [-0.2, -0.15) is 0 Å². The Balaban J connectivity index is 2.51. The van der Waals surface area contributed by atoms with E-state index in [9.17, 15) is 4.79 Å². The summed E-state index contributed by atoms with van der Waals surface area (Å²) in [6.07, 6.45) is 0. The zero-order chi connectivity index (χ0) is 12.7. The van der Waals surface area contributed by atoms with Crippen molar-refractivity contribution in [3.8, 4) is 0 Å². The van der Waals surface area contributed by atoms with Crippen molar-refractivity contribution in [3.63, 3.8) is 0 Å². The number of hydrogen-bond donors (Lipinski definition) is 2. The predicted octanol–water partition coefficient (Wildman–Crippen LogP) is 1.04. The van der Waals surface area contributed by atoms with Gasteiger partial charge in [0, 0.05) is 26.1 Å². The molecule has 0 aliphatic heterocycles. The molecule has 1 unspecified atom stereocenters. The Morgan fingerprint density at radius 1 is 1.47 bits per heavy atom. The second-order valence-electron chi connectivity index (χ2n) is 4.11. The predicted molar refractivity (Wildman–Crippen MR) is 67.2 cm³/mol. The molecular weight excluding hydrogens is 216 g/mol. The van der Waals surface area contributed by atoms with Crippen molar-refractivity contribution in [3.05, 3.63) is 35.4 Å². The van der Waals surface area contributed by atoms with Crippen molar-refractivity contribution in [1.82, 2.24) is 5.32 Å². The van der Waals surface area contributed by atoms with Gasteiger partial charge in [0.25, 0.3) is 0 Å². The van der Waals surface area contributed by atoms with Gasteiger partial charge in [0.2, 0.25) is 5.91 Å². The zero-order valence-electron chi connectivity index (χ0n) is 10.4. The average molecular weight is 236 g/mol. The fourth-order valence-corrected chi connectivity index (χ4v) is 1.47. The lowest BCUT2D eigenvalue weighted by Gasteiger charge is -2.10. The molecule has 0 saturated carbocycles. The summed E-state index contributed by atoms with van der Waals surface area (Å²) < 4.78 is 5.06. The fraction of sp³-hybridized carbons (Fsp3) is 0.462. The quantitative estimate of drug-likeness (QED) is 0.775. The van der Waals surface area contributed by atoms with Crippen molar-refractivity contribution in [2.45, 2.75) is 20.1 Å². The Morgan fingerprint density at radius 2 is 2.18 bits per heavy atom.